The zero-order valence-corrected chi connectivity index (χ0v) is 18.2. The first-order valence-electron chi connectivity index (χ1n) is 10.6. The Morgan fingerprint density at radius 1 is 0.969 bits per heavy atom. The van der Waals surface area contributed by atoms with E-state index < -0.39 is 0 Å². The first-order chi connectivity index (χ1) is 15.4. The zero-order valence-electron chi connectivity index (χ0n) is 18.2. The van der Waals surface area contributed by atoms with Crippen molar-refractivity contribution in [2.24, 2.45) is 0 Å². The van der Waals surface area contributed by atoms with Crippen LogP contribution in [0.1, 0.15) is 43.2 Å². The number of halogens is 1. The van der Waals surface area contributed by atoms with Crippen molar-refractivity contribution in [1.29, 1.82) is 0 Å². The van der Waals surface area contributed by atoms with Crippen LogP contribution < -0.4 is 10.6 Å². The molecule has 1 heterocycles. The Morgan fingerprint density at radius 2 is 1.62 bits per heavy atom. The van der Waals surface area contributed by atoms with E-state index in [1.807, 2.05) is 24.3 Å². The van der Waals surface area contributed by atoms with Gasteiger partial charge in [0.2, 0.25) is 23.5 Å². The standard InChI is InChI=1S/C24H27FN4O3/c1-16(2)18-5-7-19(8-6-18)24-28-23(32-29-24)12-11-21(30)26-13-14-27-22(31)15-17-3-9-20(25)10-4-17/h3-10,16H,11-15H2,1-2H3,(H,26,30)(H,27,31). The number of nitrogens with one attached hydrogen (secondary N) is 2. The Hall–Kier alpha value is -3.55. The second-order valence-electron chi connectivity index (χ2n) is 7.79. The average Bonchev–Trinajstić information content (AvgIpc) is 3.26. The molecule has 0 bridgehead atoms. The highest BCUT2D eigenvalue weighted by Gasteiger charge is 2.11. The smallest absolute Gasteiger partial charge is 0.227 e. The Balaban J connectivity index is 1.34. The average molecular weight is 439 g/mol. The number of hydrogen-bond donors (Lipinski definition) is 2. The maximum Gasteiger partial charge on any atom is 0.227 e. The van der Waals surface area contributed by atoms with Crippen LogP contribution >= 0.6 is 0 Å². The molecule has 0 radical (unpaired) electrons. The molecule has 2 aromatic carbocycles. The van der Waals surface area contributed by atoms with Crippen molar-refractivity contribution >= 4 is 11.8 Å². The Morgan fingerprint density at radius 3 is 2.28 bits per heavy atom. The molecule has 2 amide bonds. The number of nitrogens with zero attached hydrogens (tertiary/aromatic N) is 2. The van der Waals surface area contributed by atoms with Crippen LogP contribution in [-0.4, -0.2) is 35.0 Å². The summed E-state index contributed by atoms with van der Waals surface area (Å²) in [4.78, 5) is 28.2. The van der Waals surface area contributed by atoms with Crippen LogP contribution in [-0.2, 0) is 22.4 Å². The minimum atomic E-state index is -0.339. The summed E-state index contributed by atoms with van der Waals surface area (Å²) < 4.78 is 18.1. The van der Waals surface area contributed by atoms with Gasteiger partial charge in [0.1, 0.15) is 5.82 Å². The molecule has 0 fully saturated rings. The third-order valence-electron chi connectivity index (χ3n) is 4.92. The van der Waals surface area contributed by atoms with Crippen molar-refractivity contribution in [3.8, 4) is 11.4 Å². The lowest BCUT2D eigenvalue weighted by Gasteiger charge is -2.07. The fourth-order valence-electron chi connectivity index (χ4n) is 3.05. The quantitative estimate of drug-likeness (QED) is 0.473. The van der Waals surface area contributed by atoms with Gasteiger partial charge in [-0.05, 0) is 29.2 Å². The molecule has 0 saturated carbocycles. The number of carbonyl (C=O) groups excluding carboxylic acids is 2. The van der Waals surface area contributed by atoms with Gasteiger partial charge in [-0.2, -0.15) is 4.98 Å². The normalized spacial score (nSPS) is 10.9. The molecule has 0 spiro atoms. The number of aromatic nitrogens is 2. The third-order valence-corrected chi connectivity index (χ3v) is 4.92. The van der Waals surface area contributed by atoms with Crippen LogP contribution in [0.4, 0.5) is 4.39 Å². The summed E-state index contributed by atoms with van der Waals surface area (Å²) in [5.41, 5.74) is 2.83. The highest BCUT2D eigenvalue weighted by Crippen LogP contribution is 2.20. The highest BCUT2D eigenvalue weighted by atomic mass is 19.1. The van der Waals surface area contributed by atoms with E-state index in [1.165, 1.54) is 17.7 Å². The first-order valence-corrected chi connectivity index (χ1v) is 10.6. The van der Waals surface area contributed by atoms with Crippen LogP contribution in [0.2, 0.25) is 0 Å². The van der Waals surface area contributed by atoms with E-state index in [-0.39, 0.29) is 30.5 Å². The SMILES string of the molecule is CC(C)c1ccc(-c2noc(CCC(=O)NCCNC(=O)Cc3ccc(F)cc3)n2)cc1. The van der Waals surface area contributed by atoms with Crippen molar-refractivity contribution in [2.75, 3.05) is 13.1 Å². The Kier molecular flexibility index (Phi) is 8.08. The topological polar surface area (TPSA) is 97.1 Å². The van der Waals surface area contributed by atoms with Gasteiger partial charge in [0.05, 0.1) is 6.42 Å². The van der Waals surface area contributed by atoms with Gasteiger partial charge in [-0.15, -0.1) is 0 Å². The van der Waals surface area contributed by atoms with Crippen molar-refractivity contribution in [3.63, 3.8) is 0 Å². The summed E-state index contributed by atoms with van der Waals surface area (Å²) in [5, 5.41) is 9.45. The van der Waals surface area contributed by atoms with Gasteiger partial charge in [-0.25, -0.2) is 4.39 Å². The second kappa shape index (κ2) is 11.2. The van der Waals surface area contributed by atoms with Gasteiger partial charge in [0, 0.05) is 31.5 Å². The van der Waals surface area contributed by atoms with Crippen LogP contribution in [0.25, 0.3) is 11.4 Å². The summed E-state index contributed by atoms with van der Waals surface area (Å²) in [7, 11) is 0. The van der Waals surface area contributed by atoms with Gasteiger partial charge in [0.15, 0.2) is 0 Å². The van der Waals surface area contributed by atoms with E-state index in [4.69, 9.17) is 4.52 Å². The lowest BCUT2D eigenvalue weighted by molar-refractivity contribution is -0.122. The van der Waals surface area contributed by atoms with E-state index in [9.17, 15) is 14.0 Å². The fraction of sp³-hybridized carbons (Fsp3) is 0.333. The van der Waals surface area contributed by atoms with Gasteiger partial charge in [-0.3, -0.25) is 9.59 Å². The predicted octanol–water partition coefficient (Wildman–Crippen LogP) is 3.41. The number of rotatable bonds is 10. The molecule has 3 aromatic rings. The highest BCUT2D eigenvalue weighted by molar-refractivity contribution is 5.79. The molecule has 2 N–H and O–H groups in total. The Bertz CT molecular complexity index is 1030. The van der Waals surface area contributed by atoms with Crippen LogP contribution in [0.5, 0.6) is 0 Å². The third kappa shape index (κ3) is 7.01. The zero-order chi connectivity index (χ0) is 22.9. The van der Waals surface area contributed by atoms with E-state index in [2.05, 4.69) is 34.6 Å². The summed E-state index contributed by atoms with van der Waals surface area (Å²) in [6, 6.07) is 13.8. The molecular formula is C24H27FN4O3. The number of hydrogen-bond acceptors (Lipinski definition) is 5. The maximum absolute atomic E-state index is 12.9. The van der Waals surface area contributed by atoms with Crippen molar-refractivity contribution in [2.45, 2.75) is 39.0 Å². The van der Waals surface area contributed by atoms with Gasteiger partial charge < -0.3 is 15.2 Å². The number of benzene rings is 2. The summed E-state index contributed by atoms with van der Waals surface area (Å²) in [6.45, 7) is 4.89. The van der Waals surface area contributed by atoms with E-state index in [1.54, 1.807) is 12.1 Å². The molecule has 0 saturated heterocycles. The van der Waals surface area contributed by atoms with Gasteiger partial charge >= 0.3 is 0 Å². The number of aryl methyl sites for hydroxylation is 1. The molecule has 7 nitrogen and oxygen atoms in total. The molecule has 0 unspecified atom stereocenters. The van der Waals surface area contributed by atoms with E-state index >= 15 is 0 Å². The van der Waals surface area contributed by atoms with Crippen LogP contribution in [0.15, 0.2) is 53.1 Å². The molecule has 0 aliphatic heterocycles. The summed E-state index contributed by atoms with van der Waals surface area (Å²) >= 11 is 0. The second-order valence-corrected chi connectivity index (χ2v) is 7.79. The van der Waals surface area contributed by atoms with E-state index in [0.717, 1.165) is 11.1 Å². The molecule has 1 aromatic heterocycles. The summed E-state index contributed by atoms with van der Waals surface area (Å²) in [6.07, 6.45) is 0.700. The maximum atomic E-state index is 12.9. The molecule has 8 heteroatoms. The summed E-state index contributed by atoms with van der Waals surface area (Å²) in [5.74, 6) is 0.653. The number of amides is 2. The minimum Gasteiger partial charge on any atom is -0.354 e. The molecule has 168 valence electrons. The first kappa shape index (κ1) is 23.1. The van der Waals surface area contributed by atoms with E-state index in [0.29, 0.717) is 37.1 Å². The largest absolute Gasteiger partial charge is 0.354 e. The van der Waals surface area contributed by atoms with Gasteiger partial charge in [-0.1, -0.05) is 55.4 Å². The monoisotopic (exact) mass is 438 g/mol. The number of carbonyl (C=O) groups is 2. The van der Waals surface area contributed by atoms with Crippen molar-refractivity contribution in [3.05, 3.63) is 71.4 Å². The fourth-order valence-corrected chi connectivity index (χ4v) is 3.05. The molecular weight excluding hydrogens is 411 g/mol. The lowest BCUT2D eigenvalue weighted by Crippen LogP contribution is -2.35. The van der Waals surface area contributed by atoms with Crippen molar-refractivity contribution in [1.82, 2.24) is 20.8 Å². The Labute approximate surface area is 186 Å². The molecule has 0 atom stereocenters. The molecule has 0 aliphatic carbocycles. The lowest BCUT2D eigenvalue weighted by atomic mass is 10.0. The molecule has 3 rings (SSSR count). The molecule has 32 heavy (non-hydrogen) atoms. The van der Waals surface area contributed by atoms with Crippen molar-refractivity contribution < 1.29 is 18.5 Å². The predicted molar refractivity (Wildman–Crippen MR) is 118 cm³/mol. The van der Waals surface area contributed by atoms with Gasteiger partial charge in [0.25, 0.3) is 0 Å². The minimum absolute atomic E-state index is 0.161. The van der Waals surface area contributed by atoms with Crippen LogP contribution in [0.3, 0.4) is 0 Å². The molecule has 0 aliphatic rings. The van der Waals surface area contributed by atoms with Crippen LogP contribution in [0, 0.1) is 5.82 Å².